The van der Waals surface area contributed by atoms with Gasteiger partial charge in [0.25, 0.3) is 11.8 Å². The van der Waals surface area contributed by atoms with E-state index in [1.165, 1.54) is 0 Å². The highest BCUT2D eigenvalue weighted by atomic mass is 16.2. The molecule has 6 heteroatoms. The highest BCUT2D eigenvalue weighted by Gasteiger charge is 2.32. The average molecular weight is 579 g/mol. The first-order chi connectivity index (χ1) is 21.7. The van der Waals surface area contributed by atoms with Crippen molar-refractivity contribution < 1.29 is 9.59 Å². The van der Waals surface area contributed by atoms with Crippen molar-refractivity contribution in [2.75, 3.05) is 13.1 Å². The van der Waals surface area contributed by atoms with E-state index in [1.54, 1.807) is 9.80 Å². The molecule has 2 aliphatic rings. The predicted octanol–water partition coefficient (Wildman–Crippen LogP) is 7.21. The van der Waals surface area contributed by atoms with Gasteiger partial charge in [-0.2, -0.15) is 0 Å². The Morgan fingerprint density at radius 3 is 1.16 bits per heavy atom. The van der Waals surface area contributed by atoms with Crippen LogP contribution in [0.25, 0.3) is 12.2 Å². The van der Waals surface area contributed by atoms with Crippen LogP contribution in [-0.4, -0.2) is 46.4 Å². The zero-order chi connectivity index (χ0) is 30.1. The second-order valence-corrected chi connectivity index (χ2v) is 10.8. The zero-order valence-electron chi connectivity index (χ0n) is 24.5. The molecule has 0 spiro atoms. The van der Waals surface area contributed by atoms with E-state index in [0.717, 1.165) is 47.9 Å². The van der Waals surface area contributed by atoms with Crippen molar-refractivity contribution in [2.45, 2.75) is 25.7 Å². The number of rotatable bonds is 11. The third kappa shape index (κ3) is 6.65. The van der Waals surface area contributed by atoms with Crippen LogP contribution in [0.5, 0.6) is 0 Å². The molecule has 0 fully saturated rings. The normalized spacial score (nSPS) is 16.6. The first-order valence-corrected chi connectivity index (χ1v) is 15.1. The Morgan fingerprint density at radius 2 is 0.795 bits per heavy atom. The maximum absolute atomic E-state index is 13.4. The molecule has 4 aromatic rings. The Balaban J connectivity index is 1.08. The molecule has 0 N–H and O–H groups in total. The van der Waals surface area contributed by atoms with Crippen LogP contribution in [0, 0.1) is 0 Å². The van der Waals surface area contributed by atoms with Crippen molar-refractivity contribution in [1.29, 1.82) is 0 Å². The monoisotopic (exact) mass is 578 g/mol. The van der Waals surface area contributed by atoms with Gasteiger partial charge >= 0.3 is 0 Å². The van der Waals surface area contributed by atoms with E-state index in [4.69, 9.17) is 9.98 Å². The molecule has 0 saturated heterocycles. The number of carbonyl (C=O) groups is 2. The smallest absolute Gasteiger partial charge is 0.278 e. The van der Waals surface area contributed by atoms with Crippen molar-refractivity contribution in [2.24, 2.45) is 9.98 Å². The van der Waals surface area contributed by atoms with Crippen LogP contribution in [-0.2, 0) is 9.59 Å². The third-order valence-corrected chi connectivity index (χ3v) is 7.68. The lowest BCUT2D eigenvalue weighted by Gasteiger charge is -2.19. The number of aliphatic imine (C=N–C) groups is 2. The van der Waals surface area contributed by atoms with E-state index < -0.39 is 0 Å². The number of benzene rings is 4. The van der Waals surface area contributed by atoms with Gasteiger partial charge in [0.2, 0.25) is 0 Å². The molecule has 44 heavy (non-hydrogen) atoms. The summed E-state index contributed by atoms with van der Waals surface area (Å²) in [6, 6.07) is 39.4. The molecular weight excluding hydrogens is 544 g/mol. The number of hydrogen-bond donors (Lipinski definition) is 0. The number of amides is 2. The van der Waals surface area contributed by atoms with Crippen LogP contribution < -0.4 is 0 Å². The van der Waals surface area contributed by atoms with Crippen LogP contribution in [0.1, 0.15) is 47.9 Å². The highest BCUT2D eigenvalue weighted by molar-refractivity contribution is 6.20. The summed E-state index contributed by atoms with van der Waals surface area (Å²) in [5.74, 6) is 1.25. The minimum absolute atomic E-state index is 0.0724. The maximum atomic E-state index is 13.4. The predicted molar refractivity (Wildman–Crippen MR) is 177 cm³/mol. The second kappa shape index (κ2) is 13.7. The molecule has 2 amide bonds. The molecule has 2 aliphatic heterocycles. The first-order valence-electron chi connectivity index (χ1n) is 15.1. The van der Waals surface area contributed by atoms with E-state index >= 15 is 0 Å². The SMILES string of the molecule is O=C1/C(=C/c2ccccc2)N=C(c2ccccc2)N1CCCCCCN1C(=O)/C(=C\c2ccccc2)N=C1c1ccccc1. The summed E-state index contributed by atoms with van der Waals surface area (Å²) in [4.78, 5) is 40.0. The number of amidine groups is 2. The van der Waals surface area contributed by atoms with Crippen LogP contribution >= 0.6 is 0 Å². The Morgan fingerprint density at radius 1 is 0.455 bits per heavy atom. The topological polar surface area (TPSA) is 65.3 Å². The molecule has 0 bridgehead atoms. The van der Waals surface area contributed by atoms with Crippen molar-refractivity contribution in [3.63, 3.8) is 0 Å². The fourth-order valence-corrected chi connectivity index (χ4v) is 5.44. The standard InChI is InChI=1S/C38H34N4O2/c43-37-33(27-29-17-7-3-8-18-29)39-35(31-21-11-5-12-22-31)41(37)25-15-1-2-16-26-42-36(32-23-13-6-14-24-32)40-34(38(42)44)28-30-19-9-4-10-20-30/h3-14,17-24,27-28H,1-2,15-16,25-26H2/b33-27-,34-28+. The Bertz CT molecular complexity index is 1600. The Hall–Kier alpha value is -5.36. The molecule has 6 rings (SSSR count). The van der Waals surface area contributed by atoms with Crippen molar-refractivity contribution in [3.05, 3.63) is 155 Å². The van der Waals surface area contributed by atoms with Gasteiger partial charge in [-0.1, -0.05) is 134 Å². The number of unbranched alkanes of at least 4 members (excludes halogenated alkanes) is 3. The molecule has 0 aromatic heterocycles. The van der Waals surface area contributed by atoms with E-state index in [1.807, 2.05) is 133 Å². The lowest BCUT2D eigenvalue weighted by Crippen LogP contribution is -2.34. The largest absolute Gasteiger partial charge is 0.291 e. The molecule has 4 aromatic carbocycles. The molecule has 0 saturated carbocycles. The Kier molecular flexibility index (Phi) is 8.98. The number of carbonyl (C=O) groups excluding carboxylic acids is 2. The van der Waals surface area contributed by atoms with Gasteiger partial charge in [-0.05, 0) is 36.1 Å². The van der Waals surface area contributed by atoms with Crippen molar-refractivity contribution in [1.82, 2.24) is 9.80 Å². The number of hydrogen-bond acceptors (Lipinski definition) is 4. The minimum atomic E-state index is -0.0724. The van der Waals surface area contributed by atoms with Crippen molar-refractivity contribution >= 4 is 35.6 Å². The molecule has 6 nitrogen and oxygen atoms in total. The molecule has 0 unspecified atom stereocenters. The first kappa shape index (κ1) is 28.7. The zero-order valence-corrected chi connectivity index (χ0v) is 24.5. The summed E-state index contributed by atoms with van der Waals surface area (Å²) in [5.41, 5.74) is 4.66. The summed E-state index contributed by atoms with van der Waals surface area (Å²) in [6.07, 6.45) is 7.23. The molecule has 2 heterocycles. The third-order valence-electron chi connectivity index (χ3n) is 7.68. The van der Waals surface area contributed by atoms with Gasteiger partial charge in [-0.15, -0.1) is 0 Å². The summed E-state index contributed by atoms with van der Waals surface area (Å²) in [6.45, 7) is 1.17. The van der Waals surface area contributed by atoms with Gasteiger partial charge in [-0.25, -0.2) is 9.98 Å². The fourth-order valence-electron chi connectivity index (χ4n) is 5.44. The van der Waals surface area contributed by atoms with Crippen LogP contribution in [0.15, 0.2) is 143 Å². The van der Waals surface area contributed by atoms with Gasteiger partial charge in [0.15, 0.2) is 0 Å². The van der Waals surface area contributed by atoms with Gasteiger partial charge < -0.3 is 0 Å². The number of nitrogens with zero attached hydrogens (tertiary/aromatic N) is 4. The Labute approximate surface area is 258 Å². The summed E-state index contributed by atoms with van der Waals surface area (Å²) in [7, 11) is 0. The van der Waals surface area contributed by atoms with Crippen molar-refractivity contribution in [3.8, 4) is 0 Å². The second-order valence-electron chi connectivity index (χ2n) is 10.8. The van der Waals surface area contributed by atoms with Crippen LogP contribution in [0.3, 0.4) is 0 Å². The summed E-state index contributed by atoms with van der Waals surface area (Å²) >= 11 is 0. The van der Waals surface area contributed by atoms with Gasteiger partial charge in [0.05, 0.1) is 0 Å². The van der Waals surface area contributed by atoms with Gasteiger partial charge in [0.1, 0.15) is 23.1 Å². The van der Waals surface area contributed by atoms with E-state index in [9.17, 15) is 9.59 Å². The molecule has 218 valence electrons. The summed E-state index contributed by atoms with van der Waals surface area (Å²) in [5, 5.41) is 0. The van der Waals surface area contributed by atoms with E-state index in [0.29, 0.717) is 36.2 Å². The summed E-state index contributed by atoms with van der Waals surface area (Å²) < 4.78 is 0. The van der Waals surface area contributed by atoms with E-state index in [2.05, 4.69) is 0 Å². The minimum Gasteiger partial charge on any atom is -0.291 e. The van der Waals surface area contributed by atoms with Gasteiger partial charge in [0, 0.05) is 24.2 Å². The quantitative estimate of drug-likeness (QED) is 0.139. The van der Waals surface area contributed by atoms with E-state index in [-0.39, 0.29) is 11.8 Å². The molecule has 0 radical (unpaired) electrons. The average Bonchev–Trinajstić information content (AvgIpc) is 3.55. The van der Waals surface area contributed by atoms with Gasteiger partial charge in [-0.3, -0.25) is 19.4 Å². The highest BCUT2D eigenvalue weighted by Crippen LogP contribution is 2.25. The van der Waals surface area contributed by atoms with Crippen LogP contribution in [0.2, 0.25) is 0 Å². The molecule has 0 aliphatic carbocycles. The lowest BCUT2D eigenvalue weighted by molar-refractivity contribution is -0.123. The molecule has 0 atom stereocenters. The lowest BCUT2D eigenvalue weighted by atomic mass is 10.1. The molecular formula is C38H34N4O2. The fraction of sp³-hybridized carbons (Fsp3) is 0.158. The maximum Gasteiger partial charge on any atom is 0.278 e. The van der Waals surface area contributed by atoms with Crippen LogP contribution in [0.4, 0.5) is 0 Å².